The molecule has 1 heterocycles. The molecule has 1 N–H and O–H groups in total. The van der Waals surface area contributed by atoms with Gasteiger partial charge in [0.2, 0.25) is 0 Å². The number of aryl methyl sites for hydroxylation is 1. The number of nitrogens with one attached hydrogen (secondary N) is 1. The van der Waals surface area contributed by atoms with E-state index in [1.807, 2.05) is 41.2 Å². The summed E-state index contributed by atoms with van der Waals surface area (Å²) >= 11 is 0. The molecule has 0 spiro atoms. The van der Waals surface area contributed by atoms with Crippen LogP contribution in [0.1, 0.15) is 30.2 Å². The lowest BCUT2D eigenvalue weighted by molar-refractivity contribution is 0.503. The largest absolute Gasteiger partial charge is 0.309 e. The Morgan fingerprint density at radius 1 is 0.767 bits per heavy atom. The highest BCUT2D eigenvalue weighted by Gasteiger charge is 2.14. The molecule has 0 amide bonds. The molecule has 0 radical (unpaired) electrons. The van der Waals surface area contributed by atoms with Crippen LogP contribution in [-0.2, 0) is 19.5 Å². The Labute approximate surface area is 178 Å². The highest BCUT2D eigenvalue weighted by atomic mass is 15.5. The van der Waals surface area contributed by atoms with E-state index >= 15 is 0 Å². The molecule has 30 heavy (non-hydrogen) atoms. The van der Waals surface area contributed by atoms with Crippen molar-refractivity contribution in [3.05, 3.63) is 108 Å². The SMILES string of the molecule is C[C@H](CCc1ccccc1)NCc1nn(Cc2ccccc2)nc1-c1ccccc1. The summed E-state index contributed by atoms with van der Waals surface area (Å²) in [6.45, 7) is 3.61. The highest BCUT2D eigenvalue weighted by Crippen LogP contribution is 2.20. The quantitative estimate of drug-likeness (QED) is 0.428. The first-order valence-corrected chi connectivity index (χ1v) is 10.6. The Kier molecular flexibility index (Phi) is 6.68. The van der Waals surface area contributed by atoms with Crippen LogP contribution < -0.4 is 5.32 Å². The zero-order valence-corrected chi connectivity index (χ0v) is 17.4. The van der Waals surface area contributed by atoms with Gasteiger partial charge in [0.25, 0.3) is 0 Å². The van der Waals surface area contributed by atoms with Gasteiger partial charge in [0.1, 0.15) is 11.4 Å². The summed E-state index contributed by atoms with van der Waals surface area (Å²) in [7, 11) is 0. The summed E-state index contributed by atoms with van der Waals surface area (Å²) in [6, 6.07) is 31.7. The van der Waals surface area contributed by atoms with E-state index in [1.54, 1.807) is 0 Å². The van der Waals surface area contributed by atoms with Crippen molar-refractivity contribution >= 4 is 0 Å². The minimum atomic E-state index is 0.396. The van der Waals surface area contributed by atoms with Crippen LogP contribution in [0.3, 0.4) is 0 Å². The predicted molar refractivity (Wildman–Crippen MR) is 122 cm³/mol. The van der Waals surface area contributed by atoms with Gasteiger partial charge in [-0.1, -0.05) is 91.0 Å². The smallest absolute Gasteiger partial charge is 0.117 e. The van der Waals surface area contributed by atoms with Crippen LogP contribution in [0.5, 0.6) is 0 Å². The number of hydrogen-bond acceptors (Lipinski definition) is 3. The molecule has 4 aromatic rings. The van der Waals surface area contributed by atoms with Gasteiger partial charge in [-0.2, -0.15) is 15.0 Å². The van der Waals surface area contributed by atoms with Crippen LogP contribution in [0.15, 0.2) is 91.0 Å². The molecule has 0 saturated carbocycles. The van der Waals surface area contributed by atoms with Gasteiger partial charge in [0.05, 0.1) is 6.54 Å². The third-order valence-electron chi connectivity index (χ3n) is 5.27. The molecule has 0 bridgehead atoms. The van der Waals surface area contributed by atoms with Gasteiger partial charge in [-0.25, -0.2) is 0 Å². The summed E-state index contributed by atoms with van der Waals surface area (Å²) in [4.78, 5) is 1.81. The molecular weight excluding hydrogens is 368 g/mol. The molecule has 0 aliphatic heterocycles. The average molecular weight is 397 g/mol. The Bertz CT molecular complexity index is 1030. The van der Waals surface area contributed by atoms with E-state index in [0.29, 0.717) is 19.1 Å². The first kappa shape index (κ1) is 20.0. The van der Waals surface area contributed by atoms with E-state index in [2.05, 4.69) is 66.8 Å². The zero-order chi connectivity index (χ0) is 20.6. The number of hydrogen-bond donors (Lipinski definition) is 1. The van der Waals surface area contributed by atoms with Crippen LogP contribution in [0.2, 0.25) is 0 Å². The molecular formula is C26H28N4. The van der Waals surface area contributed by atoms with Gasteiger partial charge in [0, 0.05) is 18.2 Å². The van der Waals surface area contributed by atoms with Crippen molar-refractivity contribution in [3.8, 4) is 11.3 Å². The van der Waals surface area contributed by atoms with Gasteiger partial charge in [0.15, 0.2) is 0 Å². The van der Waals surface area contributed by atoms with E-state index in [1.165, 1.54) is 11.1 Å². The molecule has 1 aromatic heterocycles. The third-order valence-corrected chi connectivity index (χ3v) is 5.27. The van der Waals surface area contributed by atoms with Crippen molar-refractivity contribution in [2.75, 3.05) is 0 Å². The Hall–Kier alpha value is -3.24. The molecule has 0 unspecified atom stereocenters. The van der Waals surface area contributed by atoms with Crippen molar-refractivity contribution in [1.29, 1.82) is 0 Å². The first-order valence-electron chi connectivity index (χ1n) is 10.6. The van der Waals surface area contributed by atoms with Gasteiger partial charge in [-0.05, 0) is 30.9 Å². The van der Waals surface area contributed by atoms with Gasteiger partial charge >= 0.3 is 0 Å². The van der Waals surface area contributed by atoms with Crippen LogP contribution in [-0.4, -0.2) is 21.0 Å². The lowest BCUT2D eigenvalue weighted by Crippen LogP contribution is -2.26. The summed E-state index contributed by atoms with van der Waals surface area (Å²) in [5.41, 5.74) is 5.62. The zero-order valence-electron chi connectivity index (χ0n) is 17.4. The van der Waals surface area contributed by atoms with Crippen LogP contribution in [0, 0.1) is 0 Å². The van der Waals surface area contributed by atoms with Crippen LogP contribution in [0.25, 0.3) is 11.3 Å². The molecule has 3 aromatic carbocycles. The standard InChI is InChI=1S/C26H28N4/c1-21(17-18-22-11-5-2-6-12-22)27-19-25-26(24-15-9-4-10-16-24)29-30(28-25)20-23-13-7-3-8-14-23/h2-16,21,27H,17-20H2,1H3/t21-/m1/s1. The summed E-state index contributed by atoms with van der Waals surface area (Å²) in [6.07, 6.45) is 2.16. The van der Waals surface area contributed by atoms with Crippen molar-refractivity contribution < 1.29 is 0 Å². The molecule has 152 valence electrons. The Morgan fingerprint density at radius 2 is 1.37 bits per heavy atom. The fourth-order valence-electron chi connectivity index (χ4n) is 3.54. The average Bonchev–Trinajstić information content (AvgIpc) is 3.21. The topological polar surface area (TPSA) is 42.7 Å². The molecule has 0 aliphatic rings. The van der Waals surface area contributed by atoms with E-state index in [-0.39, 0.29) is 0 Å². The van der Waals surface area contributed by atoms with Crippen LogP contribution >= 0.6 is 0 Å². The van der Waals surface area contributed by atoms with Gasteiger partial charge < -0.3 is 5.32 Å². The highest BCUT2D eigenvalue weighted by molar-refractivity contribution is 5.60. The fraction of sp³-hybridized carbons (Fsp3) is 0.231. The van der Waals surface area contributed by atoms with E-state index in [9.17, 15) is 0 Å². The third kappa shape index (κ3) is 5.43. The number of nitrogens with zero attached hydrogens (tertiary/aromatic N) is 3. The van der Waals surface area contributed by atoms with Crippen molar-refractivity contribution in [1.82, 2.24) is 20.3 Å². The molecule has 0 aliphatic carbocycles. The maximum absolute atomic E-state index is 4.82. The summed E-state index contributed by atoms with van der Waals surface area (Å²) in [5.74, 6) is 0. The molecule has 0 fully saturated rings. The summed E-state index contributed by atoms with van der Waals surface area (Å²) in [5, 5.41) is 13.3. The number of benzene rings is 3. The fourth-order valence-corrected chi connectivity index (χ4v) is 3.54. The second kappa shape index (κ2) is 9.99. The second-order valence-electron chi connectivity index (χ2n) is 7.68. The number of rotatable bonds is 9. The molecule has 4 rings (SSSR count). The summed E-state index contributed by atoms with van der Waals surface area (Å²) < 4.78 is 0. The lowest BCUT2D eigenvalue weighted by atomic mass is 10.1. The molecule has 1 atom stereocenters. The minimum Gasteiger partial charge on any atom is -0.309 e. The van der Waals surface area contributed by atoms with Crippen molar-refractivity contribution in [2.45, 2.75) is 38.9 Å². The first-order chi connectivity index (χ1) is 14.8. The number of aromatic nitrogens is 3. The van der Waals surface area contributed by atoms with Crippen molar-refractivity contribution in [3.63, 3.8) is 0 Å². The van der Waals surface area contributed by atoms with Crippen LogP contribution in [0.4, 0.5) is 0 Å². The monoisotopic (exact) mass is 396 g/mol. The molecule has 0 saturated heterocycles. The Morgan fingerprint density at radius 3 is 2.03 bits per heavy atom. The van der Waals surface area contributed by atoms with E-state index in [0.717, 1.165) is 29.8 Å². The van der Waals surface area contributed by atoms with Gasteiger partial charge in [-0.3, -0.25) is 0 Å². The molecule has 4 nitrogen and oxygen atoms in total. The normalized spacial score (nSPS) is 12.0. The maximum Gasteiger partial charge on any atom is 0.117 e. The predicted octanol–water partition coefficient (Wildman–Crippen LogP) is 5.10. The maximum atomic E-state index is 4.82. The van der Waals surface area contributed by atoms with Gasteiger partial charge in [-0.15, -0.1) is 0 Å². The Balaban J connectivity index is 1.45. The lowest BCUT2D eigenvalue weighted by Gasteiger charge is -2.13. The molecule has 4 heteroatoms. The minimum absolute atomic E-state index is 0.396. The van der Waals surface area contributed by atoms with Crippen molar-refractivity contribution in [2.24, 2.45) is 0 Å². The van der Waals surface area contributed by atoms with E-state index < -0.39 is 0 Å². The second-order valence-corrected chi connectivity index (χ2v) is 7.68. The van der Waals surface area contributed by atoms with E-state index in [4.69, 9.17) is 10.2 Å².